The zero-order chi connectivity index (χ0) is 22.6. The van der Waals surface area contributed by atoms with Gasteiger partial charge in [0.25, 0.3) is 0 Å². The summed E-state index contributed by atoms with van der Waals surface area (Å²) >= 11 is 1.21. The van der Waals surface area contributed by atoms with Crippen molar-refractivity contribution in [2.75, 3.05) is 19.5 Å². The zero-order valence-corrected chi connectivity index (χ0v) is 18.3. The fraction of sp³-hybridized carbons (Fsp3) is 0.619. The second kappa shape index (κ2) is 8.06. The number of aliphatic hydroxyl groups is 1. The first-order chi connectivity index (χ1) is 14.8. The molecule has 10 heteroatoms. The minimum absolute atomic E-state index is 0.00715. The first-order valence-corrected chi connectivity index (χ1v) is 11.3. The lowest BCUT2D eigenvalue weighted by atomic mass is 9.71. The van der Waals surface area contributed by atoms with Gasteiger partial charge in [-0.25, -0.2) is 0 Å². The molecule has 2 saturated heterocycles. The lowest BCUT2D eigenvalue weighted by molar-refractivity contribution is -0.143. The Labute approximate surface area is 184 Å². The minimum Gasteiger partial charge on any atom is -0.491 e. The average Bonchev–Trinajstić information content (AvgIpc) is 3.12. The number of hydrogen-bond donors (Lipinski definition) is 3. The highest BCUT2D eigenvalue weighted by atomic mass is 32.2. The molecule has 0 aromatic rings. The van der Waals surface area contributed by atoms with Gasteiger partial charge in [-0.1, -0.05) is 13.8 Å². The minimum atomic E-state index is -0.962. The topological polar surface area (TPSA) is 140 Å². The molecule has 9 nitrogen and oxygen atoms in total. The number of piperazine rings is 1. The van der Waals surface area contributed by atoms with E-state index in [0.717, 1.165) is 0 Å². The monoisotopic (exact) mass is 447 g/mol. The van der Waals surface area contributed by atoms with Crippen molar-refractivity contribution < 1.29 is 29.3 Å². The Hall–Kier alpha value is -2.19. The molecule has 1 aliphatic carbocycles. The number of nitrogens with one attached hydrogen (secondary N) is 1. The van der Waals surface area contributed by atoms with Crippen molar-refractivity contribution in [2.45, 2.75) is 50.5 Å². The molecule has 0 spiro atoms. The number of hydrogen-bond acceptors (Lipinski definition) is 9. The fourth-order valence-electron chi connectivity index (χ4n) is 5.81. The van der Waals surface area contributed by atoms with E-state index in [1.807, 2.05) is 6.92 Å². The van der Waals surface area contributed by atoms with Crippen LogP contribution < -0.4 is 5.32 Å². The summed E-state index contributed by atoms with van der Waals surface area (Å²) in [6.07, 6.45) is 0.279. The van der Waals surface area contributed by atoms with Crippen LogP contribution in [0, 0.1) is 23.2 Å². The molecule has 0 saturated carbocycles. The lowest BCUT2D eigenvalue weighted by Crippen LogP contribution is -2.71. The second-order valence-corrected chi connectivity index (χ2v) is 9.53. The maximum absolute atomic E-state index is 13.5. The molecule has 31 heavy (non-hydrogen) atoms. The van der Waals surface area contributed by atoms with Gasteiger partial charge in [0.2, 0.25) is 11.6 Å². The molecular formula is C21H25N3O6S. The van der Waals surface area contributed by atoms with E-state index in [4.69, 9.17) is 4.74 Å². The summed E-state index contributed by atoms with van der Waals surface area (Å²) < 4.78 is 5.32. The van der Waals surface area contributed by atoms with Crippen molar-refractivity contribution in [3.63, 3.8) is 0 Å². The number of aliphatic carboxylic acids is 1. The molecule has 4 rings (SSSR count). The van der Waals surface area contributed by atoms with Crippen LogP contribution in [0.3, 0.4) is 0 Å². The molecule has 3 heterocycles. The van der Waals surface area contributed by atoms with E-state index < -0.39 is 54.4 Å². The summed E-state index contributed by atoms with van der Waals surface area (Å²) in [5.74, 6) is -2.42. The van der Waals surface area contributed by atoms with Gasteiger partial charge in [-0.2, -0.15) is 5.26 Å². The molecule has 2 bridgehead atoms. The van der Waals surface area contributed by atoms with Crippen molar-refractivity contribution >= 4 is 29.3 Å². The van der Waals surface area contributed by atoms with E-state index in [-0.39, 0.29) is 40.1 Å². The third kappa shape index (κ3) is 2.98. The Morgan fingerprint density at radius 3 is 2.61 bits per heavy atom. The molecule has 3 N–H and O–H groups in total. The van der Waals surface area contributed by atoms with Gasteiger partial charge < -0.3 is 20.3 Å². The zero-order valence-electron chi connectivity index (χ0n) is 17.5. The molecular weight excluding hydrogens is 422 g/mol. The number of carboxylic acids is 1. The van der Waals surface area contributed by atoms with Crippen molar-refractivity contribution in [3.05, 3.63) is 21.8 Å². The van der Waals surface area contributed by atoms with E-state index in [1.54, 1.807) is 11.8 Å². The van der Waals surface area contributed by atoms with Crippen LogP contribution in [-0.2, 0) is 19.1 Å². The summed E-state index contributed by atoms with van der Waals surface area (Å²) in [6, 6.07) is -0.758. The number of methoxy groups -OCH3 is 1. The number of ether oxygens (including phenoxy) is 1. The van der Waals surface area contributed by atoms with Gasteiger partial charge in [0.1, 0.15) is 10.9 Å². The van der Waals surface area contributed by atoms with Gasteiger partial charge in [-0.05, 0) is 12.2 Å². The molecule has 7 atom stereocenters. The van der Waals surface area contributed by atoms with Crippen LogP contribution in [0.5, 0.6) is 0 Å². The van der Waals surface area contributed by atoms with Crippen molar-refractivity contribution in [1.29, 1.82) is 5.26 Å². The highest BCUT2D eigenvalue weighted by molar-refractivity contribution is 8.04. The maximum Gasteiger partial charge on any atom is 0.308 e. The van der Waals surface area contributed by atoms with Gasteiger partial charge in [0, 0.05) is 35.2 Å². The number of thioether (sulfide) groups is 1. The van der Waals surface area contributed by atoms with Crippen molar-refractivity contribution in [3.8, 4) is 6.07 Å². The Bertz CT molecular complexity index is 953. The predicted molar refractivity (Wildman–Crippen MR) is 111 cm³/mol. The van der Waals surface area contributed by atoms with Crippen LogP contribution in [0.4, 0.5) is 0 Å². The van der Waals surface area contributed by atoms with E-state index in [1.165, 1.54) is 18.9 Å². The van der Waals surface area contributed by atoms with Crippen LogP contribution in [0.1, 0.15) is 20.3 Å². The quantitative estimate of drug-likeness (QED) is 0.496. The lowest BCUT2D eigenvalue weighted by Gasteiger charge is -2.54. The molecule has 4 aliphatic rings. The molecule has 3 aliphatic heterocycles. The Morgan fingerprint density at radius 2 is 2.06 bits per heavy atom. The summed E-state index contributed by atoms with van der Waals surface area (Å²) in [5.41, 5.74) is 0.469. The predicted octanol–water partition coefficient (Wildman–Crippen LogP) is 0.0642. The standard InChI is InChI=1S/C21H25N3O6S/c1-4-31-20-18(27)14-12(7-25)24-11(6-22)10-5-9(21(28)29)15(23-10)16(24)8(2)13(14)17(26)19(20)30-3/h8-12,15-16,23,25H,4-5,7H2,1-3H3,(H,28,29)/t8?,9-,10+,11?,12+,15-,16+/m1/s1. The van der Waals surface area contributed by atoms with E-state index in [0.29, 0.717) is 5.75 Å². The number of rotatable bonds is 5. The van der Waals surface area contributed by atoms with E-state index in [9.17, 15) is 29.9 Å². The molecule has 0 aromatic carbocycles. The number of allylic oxidation sites excluding steroid dienone is 2. The van der Waals surface area contributed by atoms with Gasteiger partial charge in [-0.15, -0.1) is 11.8 Å². The van der Waals surface area contributed by atoms with Gasteiger partial charge in [0.15, 0.2) is 5.76 Å². The van der Waals surface area contributed by atoms with Crippen molar-refractivity contribution in [1.82, 2.24) is 10.2 Å². The first kappa shape index (κ1) is 22.0. The number of carbonyl (C=O) groups is 3. The SMILES string of the molecule is CCSC1=C(OC)C(=O)C2=C(C1=O)[C@H](CO)N1C(C#N)[C@@H]3C[C@@H](C(=O)O)[C@@H](N3)[C@@H]1C2C. The third-order valence-electron chi connectivity index (χ3n) is 6.94. The molecule has 0 aromatic heterocycles. The van der Waals surface area contributed by atoms with E-state index in [2.05, 4.69) is 11.4 Å². The summed E-state index contributed by atoms with van der Waals surface area (Å²) in [5, 5.41) is 33.3. The van der Waals surface area contributed by atoms with Crippen LogP contribution in [0.2, 0.25) is 0 Å². The summed E-state index contributed by atoms with van der Waals surface area (Å²) in [7, 11) is 1.35. The van der Waals surface area contributed by atoms with E-state index >= 15 is 0 Å². The number of nitrogens with zero attached hydrogens (tertiary/aromatic N) is 2. The number of carboxylic acid groups (broad SMARTS) is 1. The Morgan fingerprint density at radius 1 is 1.35 bits per heavy atom. The Kier molecular flexibility index (Phi) is 5.72. The molecule has 0 radical (unpaired) electrons. The largest absolute Gasteiger partial charge is 0.491 e. The number of nitriles is 1. The van der Waals surface area contributed by atoms with Crippen LogP contribution in [0.25, 0.3) is 0 Å². The molecule has 2 unspecified atom stereocenters. The highest BCUT2D eigenvalue weighted by Crippen LogP contribution is 2.48. The van der Waals surface area contributed by atoms with Gasteiger partial charge in [0.05, 0.1) is 31.7 Å². The maximum atomic E-state index is 13.5. The fourth-order valence-corrected chi connectivity index (χ4v) is 6.65. The molecule has 0 amide bonds. The van der Waals surface area contributed by atoms with Crippen LogP contribution in [-0.4, -0.2) is 82.3 Å². The third-order valence-corrected chi connectivity index (χ3v) is 7.88. The number of aliphatic hydroxyl groups excluding tert-OH is 1. The molecule has 166 valence electrons. The van der Waals surface area contributed by atoms with Crippen molar-refractivity contribution in [2.24, 2.45) is 11.8 Å². The second-order valence-electron chi connectivity index (χ2n) is 8.26. The smallest absolute Gasteiger partial charge is 0.308 e. The van der Waals surface area contributed by atoms with Gasteiger partial charge >= 0.3 is 5.97 Å². The van der Waals surface area contributed by atoms with Gasteiger partial charge in [-0.3, -0.25) is 19.3 Å². The van der Waals surface area contributed by atoms with Crippen LogP contribution in [0.15, 0.2) is 21.8 Å². The number of carbonyl (C=O) groups excluding carboxylic acids is 2. The number of ketones is 2. The normalized spacial score (nSPS) is 37.5. The highest BCUT2D eigenvalue weighted by Gasteiger charge is 2.61. The average molecular weight is 448 g/mol. The van der Waals surface area contributed by atoms with Crippen LogP contribution >= 0.6 is 11.8 Å². The number of fused-ring (bicyclic) bond motifs is 4. The first-order valence-electron chi connectivity index (χ1n) is 10.3. The number of Topliss-reactive ketones (excluding diaryl/α,β-unsaturated/α-hetero) is 2. The molecule has 2 fully saturated rings. The Balaban J connectivity index is 1.89. The summed E-state index contributed by atoms with van der Waals surface area (Å²) in [4.78, 5) is 40.9. The summed E-state index contributed by atoms with van der Waals surface area (Å²) in [6.45, 7) is 3.19.